The van der Waals surface area contributed by atoms with E-state index in [4.69, 9.17) is 22.1 Å². The number of aliphatic carboxylic acids is 1. The average molecular weight is 507 g/mol. The van der Waals surface area contributed by atoms with Crippen molar-refractivity contribution in [1.29, 1.82) is 0 Å². The number of rotatable bonds is 6. The molecule has 1 heterocycles. The van der Waals surface area contributed by atoms with Crippen LogP contribution in [0.1, 0.15) is 22.8 Å². The molecule has 2 amide bonds. The van der Waals surface area contributed by atoms with E-state index in [9.17, 15) is 14.4 Å². The number of thiocarbonyl (C=S) groups is 1. The predicted molar refractivity (Wildman–Crippen MR) is 121 cm³/mol. The molecule has 0 saturated carbocycles. The van der Waals surface area contributed by atoms with Crippen molar-refractivity contribution in [3.8, 4) is 5.75 Å². The molecule has 0 aromatic heterocycles. The third-order valence-corrected chi connectivity index (χ3v) is 5.94. The molecule has 1 unspecified atom stereocenters. The first-order valence-electron chi connectivity index (χ1n) is 8.59. The van der Waals surface area contributed by atoms with Crippen LogP contribution >= 0.6 is 39.9 Å². The van der Waals surface area contributed by atoms with Gasteiger partial charge in [-0.3, -0.25) is 15.0 Å². The van der Waals surface area contributed by atoms with Crippen molar-refractivity contribution in [2.24, 2.45) is 0 Å². The fraction of sp³-hybridized carbons (Fsp3) is 0.100. The van der Waals surface area contributed by atoms with Gasteiger partial charge in [0.25, 0.3) is 11.8 Å². The minimum atomic E-state index is -1.08. The molecule has 0 radical (unpaired) electrons. The summed E-state index contributed by atoms with van der Waals surface area (Å²) >= 11 is 9.59. The molecule has 0 bridgehead atoms. The van der Waals surface area contributed by atoms with Crippen LogP contribution in [0.5, 0.6) is 5.75 Å². The molecule has 7 nitrogen and oxygen atoms in total. The SMILES string of the molecule is CC(Oc1cccc(/C=C2/SC(=S)N(NC(=O)c3ccccc3Br)C2=O)c1)C(=O)O. The monoisotopic (exact) mass is 506 g/mol. The molecule has 1 saturated heterocycles. The average Bonchev–Trinajstić information content (AvgIpc) is 2.95. The molecule has 154 valence electrons. The maximum atomic E-state index is 12.7. The van der Waals surface area contributed by atoms with Gasteiger partial charge in [-0.05, 0) is 71.0 Å². The summed E-state index contributed by atoms with van der Waals surface area (Å²) in [5, 5.41) is 9.99. The Morgan fingerprint density at radius 1 is 1.27 bits per heavy atom. The van der Waals surface area contributed by atoms with Crippen molar-refractivity contribution in [2.45, 2.75) is 13.0 Å². The van der Waals surface area contributed by atoms with Crippen LogP contribution in [0.15, 0.2) is 57.9 Å². The smallest absolute Gasteiger partial charge is 0.344 e. The zero-order chi connectivity index (χ0) is 21.8. The van der Waals surface area contributed by atoms with Crippen LogP contribution in [0.4, 0.5) is 0 Å². The number of halogens is 1. The Hall–Kier alpha value is -2.69. The molecule has 1 aliphatic heterocycles. The Morgan fingerprint density at radius 2 is 2.00 bits per heavy atom. The number of carbonyl (C=O) groups excluding carboxylic acids is 2. The third-order valence-electron chi connectivity index (χ3n) is 3.94. The molecular formula is C20H15BrN2O5S2. The van der Waals surface area contributed by atoms with Crippen LogP contribution in [0.25, 0.3) is 6.08 Å². The van der Waals surface area contributed by atoms with Crippen LogP contribution < -0.4 is 10.2 Å². The summed E-state index contributed by atoms with van der Waals surface area (Å²) in [5.74, 6) is -1.66. The molecular weight excluding hydrogens is 492 g/mol. The summed E-state index contributed by atoms with van der Waals surface area (Å²) in [6.45, 7) is 1.42. The van der Waals surface area contributed by atoms with Crippen molar-refractivity contribution in [3.05, 3.63) is 69.0 Å². The lowest BCUT2D eigenvalue weighted by atomic mass is 10.2. The number of carbonyl (C=O) groups is 3. The van der Waals surface area contributed by atoms with Gasteiger partial charge < -0.3 is 9.84 Å². The molecule has 1 fully saturated rings. The number of amides is 2. The number of thioether (sulfide) groups is 1. The van der Waals surface area contributed by atoms with Crippen molar-refractivity contribution in [2.75, 3.05) is 0 Å². The van der Waals surface area contributed by atoms with E-state index in [0.29, 0.717) is 26.3 Å². The van der Waals surface area contributed by atoms with E-state index in [-0.39, 0.29) is 4.32 Å². The number of hydrazine groups is 1. The van der Waals surface area contributed by atoms with E-state index in [1.165, 1.54) is 6.92 Å². The lowest BCUT2D eigenvalue weighted by molar-refractivity contribution is -0.144. The summed E-state index contributed by atoms with van der Waals surface area (Å²) in [6, 6.07) is 13.5. The number of carboxylic acid groups (broad SMARTS) is 1. The summed E-state index contributed by atoms with van der Waals surface area (Å²) in [7, 11) is 0. The summed E-state index contributed by atoms with van der Waals surface area (Å²) in [6.07, 6.45) is 0.591. The molecule has 10 heteroatoms. The highest BCUT2D eigenvalue weighted by molar-refractivity contribution is 9.10. The maximum absolute atomic E-state index is 12.7. The standard InChI is InChI=1S/C20H15BrN2O5S2/c1-11(19(26)27)28-13-6-4-5-12(9-13)10-16-18(25)23(20(29)30-16)22-17(24)14-7-2-3-8-15(14)21/h2-11H,1H3,(H,22,24)(H,26,27)/b16-10+. The number of ether oxygens (including phenoxy) is 1. The largest absolute Gasteiger partial charge is 0.479 e. The molecule has 1 atom stereocenters. The van der Waals surface area contributed by atoms with Crippen molar-refractivity contribution in [3.63, 3.8) is 0 Å². The van der Waals surface area contributed by atoms with Gasteiger partial charge in [0.1, 0.15) is 5.75 Å². The number of nitrogens with zero attached hydrogens (tertiary/aromatic N) is 1. The van der Waals surface area contributed by atoms with Crippen LogP contribution in [0.2, 0.25) is 0 Å². The second-order valence-corrected chi connectivity index (χ2v) is 8.64. The fourth-order valence-electron chi connectivity index (χ4n) is 2.45. The number of hydrogen-bond acceptors (Lipinski definition) is 6. The summed E-state index contributed by atoms with van der Waals surface area (Å²) in [5.41, 5.74) is 3.52. The number of nitrogens with one attached hydrogen (secondary N) is 1. The lowest BCUT2D eigenvalue weighted by Gasteiger charge is -2.16. The number of carboxylic acids is 1. The van der Waals surface area contributed by atoms with Gasteiger partial charge in [0.2, 0.25) is 0 Å². The normalized spacial score (nSPS) is 15.9. The quantitative estimate of drug-likeness (QED) is 0.453. The van der Waals surface area contributed by atoms with Gasteiger partial charge in [-0.2, -0.15) is 5.01 Å². The van der Waals surface area contributed by atoms with Crippen molar-refractivity contribution >= 4 is 68.1 Å². The summed E-state index contributed by atoms with van der Waals surface area (Å²) in [4.78, 5) is 36.5. The van der Waals surface area contributed by atoms with Gasteiger partial charge in [-0.15, -0.1) is 0 Å². The number of hydrogen-bond donors (Lipinski definition) is 2. The topological polar surface area (TPSA) is 95.9 Å². The summed E-state index contributed by atoms with van der Waals surface area (Å²) < 4.78 is 6.13. The minimum Gasteiger partial charge on any atom is -0.479 e. The zero-order valence-corrected chi connectivity index (χ0v) is 18.7. The minimum absolute atomic E-state index is 0.193. The fourth-order valence-corrected chi connectivity index (χ4v) is 4.10. The highest BCUT2D eigenvalue weighted by Crippen LogP contribution is 2.32. The van der Waals surface area contributed by atoms with E-state index in [1.54, 1.807) is 54.6 Å². The Bertz CT molecular complexity index is 1070. The van der Waals surface area contributed by atoms with E-state index < -0.39 is 23.9 Å². The molecule has 2 N–H and O–H groups in total. The van der Waals surface area contributed by atoms with Crippen molar-refractivity contribution < 1.29 is 24.2 Å². The van der Waals surface area contributed by atoms with Gasteiger partial charge in [-0.1, -0.05) is 36.0 Å². The first kappa shape index (κ1) is 22.0. The Balaban J connectivity index is 1.76. The highest BCUT2D eigenvalue weighted by atomic mass is 79.9. The Morgan fingerprint density at radius 3 is 2.70 bits per heavy atom. The second kappa shape index (κ2) is 9.41. The van der Waals surface area contributed by atoms with Crippen LogP contribution in [-0.2, 0) is 9.59 Å². The molecule has 30 heavy (non-hydrogen) atoms. The Kier molecular flexibility index (Phi) is 6.91. The van der Waals surface area contributed by atoms with Crippen LogP contribution in [0, 0.1) is 0 Å². The third kappa shape index (κ3) is 5.07. The Labute approximate surface area is 190 Å². The van der Waals surface area contributed by atoms with Gasteiger partial charge in [-0.25, -0.2) is 4.79 Å². The second-order valence-electron chi connectivity index (χ2n) is 6.11. The van der Waals surface area contributed by atoms with Gasteiger partial charge in [0.05, 0.1) is 10.5 Å². The zero-order valence-electron chi connectivity index (χ0n) is 15.5. The molecule has 3 rings (SSSR count). The first-order valence-corrected chi connectivity index (χ1v) is 10.6. The van der Waals surface area contributed by atoms with E-state index in [2.05, 4.69) is 21.4 Å². The molecule has 2 aromatic carbocycles. The van der Waals surface area contributed by atoms with E-state index >= 15 is 0 Å². The lowest BCUT2D eigenvalue weighted by Crippen LogP contribution is -2.44. The van der Waals surface area contributed by atoms with Gasteiger partial charge >= 0.3 is 5.97 Å². The molecule has 0 aliphatic carbocycles. The number of benzene rings is 2. The molecule has 0 spiro atoms. The van der Waals surface area contributed by atoms with Gasteiger partial charge in [0.15, 0.2) is 10.4 Å². The molecule has 2 aromatic rings. The first-order chi connectivity index (χ1) is 14.3. The van der Waals surface area contributed by atoms with Crippen LogP contribution in [0.3, 0.4) is 0 Å². The van der Waals surface area contributed by atoms with E-state index in [0.717, 1.165) is 16.8 Å². The molecule has 1 aliphatic rings. The van der Waals surface area contributed by atoms with Crippen LogP contribution in [-0.4, -0.2) is 38.3 Å². The highest BCUT2D eigenvalue weighted by Gasteiger charge is 2.34. The maximum Gasteiger partial charge on any atom is 0.344 e. The van der Waals surface area contributed by atoms with Crippen molar-refractivity contribution in [1.82, 2.24) is 10.4 Å². The van der Waals surface area contributed by atoms with Gasteiger partial charge in [0, 0.05) is 4.47 Å². The predicted octanol–water partition coefficient (Wildman–Crippen LogP) is 3.85. The van der Waals surface area contributed by atoms with E-state index in [1.807, 2.05) is 0 Å².